The predicted molar refractivity (Wildman–Crippen MR) is 79.0 cm³/mol. The Morgan fingerprint density at radius 2 is 2.39 bits per heavy atom. The maximum absolute atomic E-state index is 4.43. The fourth-order valence-electron chi connectivity index (χ4n) is 2.63. The van der Waals surface area contributed by atoms with Crippen LogP contribution in [0, 0.1) is 0 Å². The van der Waals surface area contributed by atoms with Crippen molar-refractivity contribution < 1.29 is 0 Å². The van der Waals surface area contributed by atoms with E-state index in [1.54, 1.807) is 0 Å². The fraction of sp³-hybridized carbons (Fsp3) is 0.786. The summed E-state index contributed by atoms with van der Waals surface area (Å²) >= 11 is 2.14. The van der Waals surface area contributed by atoms with Crippen molar-refractivity contribution in [1.29, 1.82) is 0 Å². The summed E-state index contributed by atoms with van der Waals surface area (Å²) in [6, 6.07) is 2.66. The van der Waals surface area contributed by atoms with Crippen molar-refractivity contribution >= 4 is 11.8 Å². The molecule has 4 heteroatoms. The number of aryl methyl sites for hydroxylation is 1. The van der Waals surface area contributed by atoms with Gasteiger partial charge >= 0.3 is 0 Å². The Bertz CT molecular complexity index is 345. The molecule has 102 valence electrons. The van der Waals surface area contributed by atoms with E-state index in [-0.39, 0.29) is 0 Å². The second-order valence-electron chi connectivity index (χ2n) is 4.91. The van der Waals surface area contributed by atoms with Crippen molar-refractivity contribution in [3.63, 3.8) is 0 Å². The minimum atomic E-state index is 0.470. The lowest BCUT2D eigenvalue weighted by molar-refractivity contribution is 0.444. The maximum Gasteiger partial charge on any atom is 0.0612 e. The Balaban J connectivity index is 2.12. The third-order valence-corrected chi connectivity index (χ3v) is 5.03. The van der Waals surface area contributed by atoms with Gasteiger partial charge in [0.1, 0.15) is 0 Å². The second kappa shape index (κ2) is 7.19. The van der Waals surface area contributed by atoms with Gasteiger partial charge in [-0.15, -0.1) is 0 Å². The average molecular weight is 267 g/mol. The summed E-state index contributed by atoms with van der Waals surface area (Å²) in [6.07, 6.45) is 7.22. The Hall–Kier alpha value is -0.480. The van der Waals surface area contributed by atoms with Gasteiger partial charge < -0.3 is 5.32 Å². The number of thioether (sulfide) groups is 1. The maximum atomic E-state index is 4.43. The first-order chi connectivity index (χ1) is 8.86. The molecule has 0 spiro atoms. The van der Waals surface area contributed by atoms with Gasteiger partial charge in [-0.3, -0.25) is 4.68 Å². The molecule has 2 atom stereocenters. The van der Waals surface area contributed by atoms with E-state index in [1.807, 2.05) is 6.20 Å². The van der Waals surface area contributed by atoms with Crippen LogP contribution in [-0.4, -0.2) is 27.3 Å². The van der Waals surface area contributed by atoms with Gasteiger partial charge in [-0.1, -0.05) is 13.3 Å². The van der Waals surface area contributed by atoms with Crippen LogP contribution in [0.5, 0.6) is 0 Å². The number of nitrogens with one attached hydrogen (secondary N) is 1. The quantitative estimate of drug-likeness (QED) is 0.858. The Kier molecular flexibility index (Phi) is 5.57. The van der Waals surface area contributed by atoms with E-state index < -0.39 is 0 Å². The van der Waals surface area contributed by atoms with Crippen LogP contribution in [0.3, 0.4) is 0 Å². The molecule has 1 aromatic heterocycles. The Morgan fingerprint density at radius 3 is 3.06 bits per heavy atom. The van der Waals surface area contributed by atoms with Crippen LogP contribution in [0.25, 0.3) is 0 Å². The summed E-state index contributed by atoms with van der Waals surface area (Å²) < 4.78 is 2.14. The van der Waals surface area contributed by atoms with E-state index in [9.17, 15) is 0 Å². The molecule has 1 aromatic rings. The third-order valence-electron chi connectivity index (χ3n) is 3.57. The highest BCUT2D eigenvalue weighted by molar-refractivity contribution is 8.00. The normalized spacial score (nSPS) is 22.0. The van der Waals surface area contributed by atoms with Gasteiger partial charge in [0.15, 0.2) is 0 Å². The van der Waals surface area contributed by atoms with E-state index in [0.29, 0.717) is 11.3 Å². The average Bonchev–Trinajstić information content (AvgIpc) is 2.89. The molecular weight excluding hydrogens is 242 g/mol. The van der Waals surface area contributed by atoms with Crippen molar-refractivity contribution in [3.8, 4) is 0 Å². The lowest BCUT2D eigenvalue weighted by atomic mass is 10.0. The summed E-state index contributed by atoms with van der Waals surface area (Å²) in [4.78, 5) is 0. The molecule has 0 aromatic carbocycles. The zero-order chi connectivity index (χ0) is 12.8. The smallest absolute Gasteiger partial charge is 0.0612 e. The summed E-state index contributed by atoms with van der Waals surface area (Å²) in [7, 11) is 0. The zero-order valence-electron chi connectivity index (χ0n) is 11.6. The molecule has 1 aliphatic heterocycles. The molecule has 2 rings (SSSR count). The van der Waals surface area contributed by atoms with Crippen LogP contribution in [-0.2, 0) is 6.54 Å². The van der Waals surface area contributed by atoms with Gasteiger partial charge in [-0.05, 0) is 44.6 Å². The molecule has 0 aliphatic carbocycles. The third kappa shape index (κ3) is 3.29. The molecule has 1 N–H and O–H groups in total. The SMILES string of the molecule is CCCNC(c1ccnn1CC)C1CCCCS1. The number of hydrogen-bond donors (Lipinski definition) is 1. The molecule has 0 amide bonds. The fourth-order valence-corrected chi connectivity index (χ4v) is 4.06. The molecule has 0 radical (unpaired) electrons. The van der Waals surface area contributed by atoms with Gasteiger partial charge in [0, 0.05) is 18.0 Å². The van der Waals surface area contributed by atoms with Gasteiger partial charge in [0.2, 0.25) is 0 Å². The molecular formula is C14H25N3S. The van der Waals surface area contributed by atoms with Crippen molar-refractivity contribution in [2.45, 2.75) is 57.4 Å². The van der Waals surface area contributed by atoms with Crippen LogP contribution in [0.2, 0.25) is 0 Å². The van der Waals surface area contributed by atoms with Crippen LogP contribution < -0.4 is 5.32 Å². The zero-order valence-corrected chi connectivity index (χ0v) is 12.4. The minimum absolute atomic E-state index is 0.470. The molecule has 0 saturated carbocycles. The Labute approximate surface area is 115 Å². The molecule has 1 saturated heterocycles. The highest BCUT2D eigenvalue weighted by Crippen LogP contribution is 2.34. The first kappa shape index (κ1) is 13.9. The van der Waals surface area contributed by atoms with Crippen molar-refractivity contribution in [2.75, 3.05) is 12.3 Å². The molecule has 1 fully saturated rings. The first-order valence-electron chi connectivity index (χ1n) is 7.23. The molecule has 0 bridgehead atoms. The van der Waals surface area contributed by atoms with Crippen LogP contribution in [0.4, 0.5) is 0 Å². The Morgan fingerprint density at radius 1 is 1.50 bits per heavy atom. The second-order valence-corrected chi connectivity index (χ2v) is 6.26. The molecule has 1 aliphatic rings. The lowest BCUT2D eigenvalue weighted by Crippen LogP contribution is -2.34. The largest absolute Gasteiger partial charge is 0.308 e. The highest BCUT2D eigenvalue weighted by atomic mass is 32.2. The number of rotatable bonds is 6. The van der Waals surface area contributed by atoms with E-state index in [2.05, 4.69) is 46.8 Å². The monoisotopic (exact) mass is 267 g/mol. The van der Waals surface area contributed by atoms with Crippen molar-refractivity contribution in [2.24, 2.45) is 0 Å². The summed E-state index contributed by atoms with van der Waals surface area (Å²) in [6.45, 7) is 6.46. The molecule has 18 heavy (non-hydrogen) atoms. The van der Waals surface area contributed by atoms with Crippen molar-refractivity contribution in [1.82, 2.24) is 15.1 Å². The van der Waals surface area contributed by atoms with Crippen LogP contribution >= 0.6 is 11.8 Å². The number of nitrogens with zero attached hydrogens (tertiary/aromatic N) is 2. The van der Waals surface area contributed by atoms with Crippen LogP contribution in [0.15, 0.2) is 12.3 Å². The van der Waals surface area contributed by atoms with E-state index in [0.717, 1.165) is 13.1 Å². The lowest BCUT2D eigenvalue weighted by Gasteiger charge is -2.31. The topological polar surface area (TPSA) is 29.9 Å². The van der Waals surface area contributed by atoms with Gasteiger partial charge in [-0.25, -0.2) is 0 Å². The summed E-state index contributed by atoms with van der Waals surface area (Å²) in [5, 5.41) is 8.88. The van der Waals surface area contributed by atoms with Gasteiger partial charge in [0.25, 0.3) is 0 Å². The van der Waals surface area contributed by atoms with Crippen LogP contribution in [0.1, 0.15) is 51.3 Å². The van der Waals surface area contributed by atoms with E-state index in [1.165, 1.54) is 37.1 Å². The van der Waals surface area contributed by atoms with E-state index in [4.69, 9.17) is 0 Å². The van der Waals surface area contributed by atoms with Gasteiger partial charge in [-0.2, -0.15) is 16.9 Å². The predicted octanol–water partition coefficient (Wildman–Crippen LogP) is 3.23. The standard InChI is InChI=1S/C14H25N3S/c1-3-9-15-14(13-7-5-6-11-18-13)12-8-10-16-17(12)4-2/h8,10,13-15H,3-7,9,11H2,1-2H3. The summed E-state index contributed by atoms with van der Waals surface area (Å²) in [5.74, 6) is 1.31. The minimum Gasteiger partial charge on any atom is -0.308 e. The molecule has 2 unspecified atom stereocenters. The van der Waals surface area contributed by atoms with E-state index >= 15 is 0 Å². The summed E-state index contributed by atoms with van der Waals surface area (Å²) in [5.41, 5.74) is 1.37. The van der Waals surface area contributed by atoms with Gasteiger partial charge in [0.05, 0.1) is 11.7 Å². The number of aromatic nitrogens is 2. The molecule has 3 nitrogen and oxygen atoms in total. The number of hydrogen-bond acceptors (Lipinski definition) is 3. The van der Waals surface area contributed by atoms with Crippen molar-refractivity contribution in [3.05, 3.63) is 18.0 Å². The highest BCUT2D eigenvalue weighted by Gasteiger charge is 2.27. The first-order valence-corrected chi connectivity index (χ1v) is 8.28. The molecule has 2 heterocycles.